The molecule has 3 aromatic carbocycles. The number of carbonyl (C=O) groups is 3. The summed E-state index contributed by atoms with van der Waals surface area (Å²) in [5.41, 5.74) is 4.08. The number of amides is 3. The molecule has 6 rings (SSSR count). The van der Waals surface area contributed by atoms with Crippen molar-refractivity contribution in [3.8, 4) is 0 Å². The molecule has 3 aliphatic rings. The Labute approximate surface area is 230 Å². The summed E-state index contributed by atoms with van der Waals surface area (Å²) < 4.78 is 5.59. The van der Waals surface area contributed by atoms with Crippen molar-refractivity contribution in [2.45, 2.75) is 44.0 Å². The van der Waals surface area contributed by atoms with E-state index in [4.69, 9.17) is 9.73 Å². The second-order valence-corrected chi connectivity index (χ2v) is 10.9. The van der Waals surface area contributed by atoms with E-state index in [0.29, 0.717) is 34.6 Å². The summed E-state index contributed by atoms with van der Waals surface area (Å²) in [6.45, 7) is 0.123. The smallest absolute Gasteiger partial charge is 0.415 e. The van der Waals surface area contributed by atoms with Gasteiger partial charge in [-0.1, -0.05) is 72.4 Å². The average Bonchev–Trinajstić information content (AvgIpc) is 3.51. The molecule has 9 heteroatoms. The number of ether oxygens (including phenoxy) is 1. The van der Waals surface area contributed by atoms with Crippen LogP contribution in [0.2, 0.25) is 0 Å². The number of hydrogen-bond acceptors (Lipinski definition) is 6. The number of nitrogens with one attached hydrogen (secondary N) is 2. The number of rotatable bonds is 6. The molecule has 2 N–H and O–H groups in total. The van der Waals surface area contributed by atoms with Crippen molar-refractivity contribution >= 4 is 40.5 Å². The molecule has 0 spiro atoms. The Hall–Kier alpha value is -4.11. The third kappa shape index (κ3) is 5.68. The van der Waals surface area contributed by atoms with Crippen LogP contribution < -0.4 is 15.5 Å². The molecule has 2 unspecified atom stereocenters. The minimum Gasteiger partial charge on any atom is -0.444 e. The molecule has 3 aromatic rings. The highest BCUT2D eigenvalue weighted by Crippen LogP contribution is 2.34. The fourth-order valence-corrected chi connectivity index (χ4v) is 5.72. The molecule has 0 saturated heterocycles. The standard InChI is InChI=1S/C30H28N4O4S/c35-27(31-23-14-15-23)21-12-10-20(11-13-21)24-18-39-29(32-24)33-28(36)26-16-22-8-4-5-9-25(22)34(26)30(37)38-17-19-6-2-1-3-7-19/h1-13,23-24,26H,14-18H2,(H,31,35)(H,32,33,36). The minimum absolute atomic E-state index is 0.0503. The van der Waals surface area contributed by atoms with Crippen molar-refractivity contribution in [1.82, 2.24) is 10.6 Å². The van der Waals surface area contributed by atoms with Crippen molar-refractivity contribution in [3.05, 3.63) is 101 Å². The topological polar surface area (TPSA) is 100 Å². The fraction of sp³-hybridized carbons (Fsp3) is 0.267. The van der Waals surface area contributed by atoms with Gasteiger partial charge in [-0.05, 0) is 47.7 Å². The average molecular weight is 541 g/mol. The van der Waals surface area contributed by atoms with E-state index in [1.807, 2.05) is 78.9 Å². The van der Waals surface area contributed by atoms with Crippen LogP contribution in [-0.2, 0) is 22.6 Å². The second-order valence-electron chi connectivity index (χ2n) is 9.88. The Bertz CT molecular complexity index is 1420. The maximum atomic E-state index is 13.4. The summed E-state index contributed by atoms with van der Waals surface area (Å²) in [6.07, 6.45) is 1.93. The summed E-state index contributed by atoms with van der Waals surface area (Å²) in [4.78, 5) is 45.0. The number of benzene rings is 3. The zero-order chi connectivity index (χ0) is 26.8. The zero-order valence-electron chi connectivity index (χ0n) is 21.2. The van der Waals surface area contributed by atoms with Gasteiger partial charge in [0.1, 0.15) is 12.6 Å². The molecule has 3 amide bonds. The number of thioether (sulfide) groups is 1. The van der Waals surface area contributed by atoms with Crippen LogP contribution in [0.4, 0.5) is 10.5 Å². The SMILES string of the molecule is O=C(NC1CC1)c1ccc(C2CSC(NC(=O)C3Cc4ccccc4N3C(=O)OCc3ccccc3)=N2)cc1. The number of nitrogens with zero attached hydrogens (tertiary/aromatic N) is 2. The van der Waals surface area contributed by atoms with E-state index in [-0.39, 0.29) is 24.5 Å². The van der Waals surface area contributed by atoms with E-state index in [1.54, 1.807) is 0 Å². The molecule has 0 bridgehead atoms. The van der Waals surface area contributed by atoms with Gasteiger partial charge in [0.2, 0.25) is 5.91 Å². The first-order valence-electron chi connectivity index (χ1n) is 13.1. The Morgan fingerprint density at radius 1 is 0.949 bits per heavy atom. The highest BCUT2D eigenvalue weighted by Gasteiger charge is 2.40. The number of aliphatic imine (C=N–C) groups is 1. The summed E-state index contributed by atoms with van der Waals surface area (Å²) in [6, 6.07) is 23.9. The Morgan fingerprint density at radius 3 is 2.46 bits per heavy atom. The van der Waals surface area contributed by atoms with Crippen LogP contribution >= 0.6 is 11.8 Å². The Kier molecular flexibility index (Phi) is 7.06. The van der Waals surface area contributed by atoms with Gasteiger partial charge >= 0.3 is 6.09 Å². The van der Waals surface area contributed by atoms with E-state index in [0.717, 1.165) is 29.5 Å². The predicted molar refractivity (Wildman–Crippen MR) is 151 cm³/mol. The molecule has 198 valence electrons. The lowest BCUT2D eigenvalue weighted by Gasteiger charge is -2.24. The van der Waals surface area contributed by atoms with Gasteiger partial charge in [-0.3, -0.25) is 19.5 Å². The van der Waals surface area contributed by atoms with Gasteiger partial charge in [-0.2, -0.15) is 0 Å². The maximum absolute atomic E-state index is 13.4. The van der Waals surface area contributed by atoms with Gasteiger partial charge in [0, 0.05) is 23.8 Å². The van der Waals surface area contributed by atoms with Crippen LogP contribution in [0.1, 0.15) is 45.9 Å². The highest BCUT2D eigenvalue weighted by atomic mass is 32.2. The summed E-state index contributed by atoms with van der Waals surface area (Å²) >= 11 is 1.46. The lowest BCUT2D eigenvalue weighted by Crippen LogP contribution is -2.49. The lowest BCUT2D eigenvalue weighted by molar-refractivity contribution is -0.120. The van der Waals surface area contributed by atoms with Crippen LogP contribution in [-0.4, -0.2) is 40.9 Å². The van der Waals surface area contributed by atoms with Crippen molar-refractivity contribution in [1.29, 1.82) is 0 Å². The maximum Gasteiger partial charge on any atom is 0.415 e. The second kappa shape index (κ2) is 10.9. The molecule has 2 atom stereocenters. The van der Waals surface area contributed by atoms with Crippen LogP contribution in [0.15, 0.2) is 83.9 Å². The van der Waals surface area contributed by atoms with Gasteiger partial charge < -0.3 is 15.4 Å². The van der Waals surface area contributed by atoms with Crippen LogP contribution in [0.25, 0.3) is 0 Å². The van der Waals surface area contributed by atoms with Gasteiger partial charge in [0.15, 0.2) is 5.17 Å². The first-order chi connectivity index (χ1) is 19.0. The summed E-state index contributed by atoms with van der Waals surface area (Å²) in [7, 11) is 0. The van der Waals surface area contributed by atoms with Crippen LogP contribution in [0.3, 0.4) is 0 Å². The van der Waals surface area contributed by atoms with Gasteiger partial charge in [-0.25, -0.2) is 4.79 Å². The van der Waals surface area contributed by atoms with Crippen LogP contribution in [0.5, 0.6) is 0 Å². The lowest BCUT2D eigenvalue weighted by atomic mass is 10.1. The van der Waals surface area contributed by atoms with Gasteiger partial charge in [-0.15, -0.1) is 0 Å². The normalized spacial score (nSPS) is 19.7. The monoisotopic (exact) mass is 540 g/mol. The van der Waals surface area contributed by atoms with Gasteiger partial charge in [0.05, 0.1) is 11.7 Å². The number of amidine groups is 1. The number of fused-ring (bicyclic) bond motifs is 1. The Morgan fingerprint density at radius 2 is 1.69 bits per heavy atom. The predicted octanol–water partition coefficient (Wildman–Crippen LogP) is 4.61. The molecule has 0 radical (unpaired) electrons. The van der Waals surface area contributed by atoms with E-state index in [9.17, 15) is 14.4 Å². The molecule has 1 aliphatic carbocycles. The first-order valence-corrected chi connectivity index (χ1v) is 14.0. The zero-order valence-corrected chi connectivity index (χ0v) is 22.0. The fourth-order valence-electron chi connectivity index (χ4n) is 4.77. The number of anilines is 1. The quantitative estimate of drug-likeness (QED) is 0.476. The molecular formula is C30H28N4O4S. The van der Waals surface area contributed by atoms with Gasteiger partial charge in [0.25, 0.3) is 5.91 Å². The molecule has 39 heavy (non-hydrogen) atoms. The van der Waals surface area contributed by atoms with Crippen molar-refractivity contribution < 1.29 is 19.1 Å². The third-order valence-electron chi connectivity index (χ3n) is 7.03. The minimum atomic E-state index is -0.739. The molecule has 2 heterocycles. The molecular weight excluding hydrogens is 512 g/mol. The van der Waals surface area contributed by atoms with Crippen molar-refractivity contribution in [2.24, 2.45) is 4.99 Å². The molecule has 2 aliphatic heterocycles. The highest BCUT2D eigenvalue weighted by molar-refractivity contribution is 8.14. The largest absolute Gasteiger partial charge is 0.444 e. The van der Waals surface area contributed by atoms with Crippen molar-refractivity contribution in [3.63, 3.8) is 0 Å². The Balaban J connectivity index is 1.12. The molecule has 0 aromatic heterocycles. The van der Waals surface area contributed by atoms with E-state index >= 15 is 0 Å². The third-order valence-corrected chi connectivity index (χ3v) is 8.00. The first kappa shape index (κ1) is 25.2. The number of carbonyl (C=O) groups excluding carboxylic acids is 3. The van der Waals surface area contributed by atoms with E-state index in [1.165, 1.54) is 16.7 Å². The molecule has 1 saturated carbocycles. The van der Waals surface area contributed by atoms with E-state index < -0.39 is 12.1 Å². The van der Waals surface area contributed by atoms with Crippen LogP contribution in [0, 0.1) is 0 Å². The molecule has 8 nitrogen and oxygen atoms in total. The summed E-state index contributed by atoms with van der Waals surface area (Å²) in [5.74, 6) is 0.323. The number of para-hydroxylation sites is 1. The molecule has 1 fully saturated rings. The van der Waals surface area contributed by atoms with Crippen molar-refractivity contribution in [2.75, 3.05) is 10.7 Å². The summed E-state index contributed by atoms with van der Waals surface area (Å²) in [5, 5.41) is 6.45. The number of hydrogen-bond donors (Lipinski definition) is 2. The van der Waals surface area contributed by atoms with E-state index in [2.05, 4.69) is 10.6 Å².